The fourth-order valence-electron chi connectivity index (χ4n) is 0.982. The van der Waals surface area contributed by atoms with Crippen molar-refractivity contribution in [2.75, 3.05) is 18.2 Å². The van der Waals surface area contributed by atoms with Crippen LogP contribution >= 0.6 is 0 Å². The SMILES string of the molecule is COC(=O)NC(=O)Nc1c(N)cccc1O. The molecule has 7 nitrogen and oxygen atoms in total. The van der Waals surface area contributed by atoms with Crippen LogP contribution in [0, 0.1) is 0 Å². The van der Waals surface area contributed by atoms with Crippen LogP contribution in [0.3, 0.4) is 0 Å². The van der Waals surface area contributed by atoms with E-state index in [-0.39, 0.29) is 17.1 Å². The van der Waals surface area contributed by atoms with E-state index in [1.807, 2.05) is 5.32 Å². The molecule has 0 fully saturated rings. The van der Waals surface area contributed by atoms with Crippen molar-refractivity contribution in [1.82, 2.24) is 5.32 Å². The van der Waals surface area contributed by atoms with E-state index < -0.39 is 12.1 Å². The number of para-hydroxylation sites is 1. The topological polar surface area (TPSA) is 114 Å². The Bertz CT molecular complexity index is 399. The highest BCUT2D eigenvalue weighted by Gasteiger charge is 2.11. The van der Waals surface area contributed by atoms with Gasteiger partial charge in [0.2, 0.25) is 0 Å². The lowest BCUT2D eigenvalue weighted by Crippen LogP contribution is -2.34. The van der Waals surface area contributed by atoms with E-state index in [2.05, 4.69) is 10.1 Å². The zero-order valence-electron chi connectivity index (χ0n) is 8.48. The Hall–Kier alpha value is -2.44. The van der Waals surface area contributed by atoms with Gasteiger partial charge in [-0.3, -0.25) is 0 Å². The number of nitrogen functional groups attached to an aromatic ring is 1. The average Bonchev–Trinajstić information content (AvgIpc) is 2.23. The van der Waals surface area contributed by atoms with Crippen molar-refractivity contribution in [2.45, 2.75) is 0 Å². The maximum atomic E-state index is 11.2. The normalized spacial score (nSPS) is 9.31. The quantitative estimate of drug-likeness (QED) is 0.418. The summed E-state index contributed by atoms with van der Waals surface area (Å²) in [6.45, 7) is 0. The molecule has 0 aliphatic rings. The lowest BCUT2D eigenvalue weighted by Gasteiger charge is -2.09. The summed E-state index contributed by atoms with van der Waals surface area (Å²) in [6.07, 6.45) is -0.911. The Kier molecular flexibility index (Phi) is 3.54. The number of phenols is 1. The van der Waals surface area contributed by atoms with Gasteiger partial charge in [0.15, 0.2) is 0 Å². The second kappa shape index (κ2) is 4.87. The van der Waals surface area contributed by atoms with E-state index >= 15 is 0 Å². The van der Waals surface area contributed by atoms with Crippen LogP contribution in [-0.4, -0.2) is 24.3 Å². The first-order valence-electron chi connectivity index (χ1n) is 4.28. The number of nitrogens with one attached hydrogen (secondary N) is 2. The van der Waals surface area contributed by atoms with Crippen LogP contribution < -0.4 is 16.4 Å². The van der Waals surface area contributed by atoms with Crippen LogP contribution in [0.25, 0.3) is 0 Å². The van der Waals surface area contributed by atoms with E-state index in [4.69, 9.17) is 5.73 Å². The molecule has 3 amide bonds. The van der Waals surface area contributed by atoms with Gasteiger partial charge in [0.25, 0.3) is 0 Å². The van der Waals surface area contributed by atoms with Crippen molar-refractivity contribution in [3.8, 4) is 5.75 Å². The maximum absolute atomic E-state index is 11.2. The highest BCUT2D eigenvalue weighted by molar-refractivity contribution is 6.01. The molecule has 0 radical (unpaired) electrons. The second-order valence-electron chi connectivity index (χ2n) is 2.81. The third kappa shape index (κ3) is 2.77. The van der Waals surface area contributed by atoms with Crippen molar-refractivity contribution in [3.63, 3.8) is 0 Å². The Morgan fingerprint density at radius 2 is 2.12 bits per heavy atom. The number of anilines is 2. The molecule has 0 saturated heterocycles. The molecule has 1 aromatic carbocycles. The van der Waals surface area contributed by atoms with Gasteiger partial charge in [0.1, 0.15) is 11.4 Å². The summed E-state index contributed by atoms with van der Waals surface area (Å²) < 4.78 is 4.21. The second-order valence-corrected chi connectivity index (χ2v) is 2.81. The molecule has 0 saturated carbocycles. The first kappa shape index (κ1) is 11.6. The maximum Gasteiger partial charge on any atom is 0.415 e. The summed E-state index contributed by atoms with van der Waals surface area (Å²) in [6, 6.07) is 3.52. The Labute approximate surface area is 91.2 Å². The molecule has 0 bridgehead atoms. The zero-order valence-corrected chi connectivity index (χ0v) is 8.48. The summed E-state index contributed by atoms with van der Waals surface area (Å²) in [5.74, 6) is -0.194. The molecule has 1 aromatic rings. The molecule has 5 N–H and O–H groups in total. The number of phenolic OH excluding ortho intramolecular Hbond substituents is 1. The van der Waals surface area contributed by atoms with Gasteiger partial charge in [-0.2, -0.15) is 0 Å². The van der Waals surface area contributed by atoms with Crippen LogP contribution in [-0.2, 0) is 4.74 Å². The van der Waals surface area contributed by atoms with Crippen LogP contribution in [0.1, 0.15) is 0 Å². The number of urea groups is 1. The summed E-state index contributed by atoms with van der Waals surface area (Å²) in [5, 5.41) is 13.5. The molecule has 16 heavy (non-hydrogen) atoms. The number of imide groups is 1. The fraction of sp³-hybridized carbons (Fsp3) is 0.111. The van der Waals surface area contributed by atoms with Crippen molar-refractivity contribution in [1.29, 1.82) is 0 Å². The molecule has 0 aromatic heterocycles. The van der Waals surface area contributed by atoms with Crippen LogP contribution in [0.15, 0.2) is 18.2 Å². The molecule has 1 rings (SSSR count). The van der Waals surface area contributed by atoms with Gasteiger partial charge in [-0.15, -0.1) is 0 Å². The van der Waals surface area contributed by atoms with Crippen molar-refractivity contribution in [3.05, 3.63) is 18.2 Å². The first-order chi connectivity index (χ1) is 7.54. The van der Waals surface area contributed by atoms with Gasteiger partial charge in [-0.25, -0.2) is 14.9 Å². The molecule has 0 aliphatic carbocycles. The minimum Gasteiger partial charge on any atom is -0.506 e. The lowest BCUT2D eigenvalue weighted by molar-refractivity contribution is 0.172. The molecule has 0 unspecified atom stereocenters. The van der Waals surface area contributed by atoms with Gasteiger partial charge in [-0.1, -0.05) is 6.07 Å². The number of nitrogens with two attached hydrogens (primary N) is 1. The monoisotopic (exact) mass is 225 g/mol. The van der Waals surface area contributed by atoms with Crippen LogP contribution in [0.2, 0.25) is 0 Å². The molecule has 0 aliphatic heterocycles. The molecule has 86 valence electrons. The zero-order chi connectivity index (χ0) is 12.1. The number of carbonyl (C=O) groups excluding carboxylic acids is 2. The van der Waals surface area contributed by atoms with Crippen molar-refractivity contribution < 1.29 is 19.4 Å². The fourth-order valence-corrected chi connectivity index (χ4v) is 0.982. The largest absolute Gasteiger partial charge is 0.506 e. The number of rotatable bonds is 1. The number of carbonyl (C=O) groups is 2. The summed E-state index contributed by atoms with van der Waals surface area (Å²) in [7, 11) is 1.12. The number of hydrogen-bond acceptors (Lipinski definition) is 5. The summed E-state index contributed by atoms with van der Waals surface area (Å²) >= 11 is 0. The van der Waals surface area contributed by atoms with Gasteiger partial charge in [0.05, 0.1) is 12.8 Å². The predicted octanol–water partition coefficient (Wildman–Crippen LogP) is 0.862. The molecular formula is C9H11N3O4. The molecule has 0 atom stereocenters. The van der Waals surface area contributed by atoms with E-state index in [1.165, 1.54) is 18.2 Å². The minimum absolute atomic E-state index is 0.0314. The molecule has 7 heteroatoms. The van der Waals surface area contributed by atoms with Crippen LogP contribution in [0.4, 0.5) is 21.0 Å². The van der Waals surface area contributed by atoms with E-state index in [9.17, 15) is 14.7 Å². The smallest absolute Gasteiger partial charge is 0.415 e. The molecule has 0 heterocycles. The van der Waals surface area contributed by atoms with Gasteiger partial charge in [-0.05, 0) is 12.1 Å². The third-order valence-electron chi connectivity index (χ3n) is 1.71. The average molecular weight is 225 g/mol. The van der Waals surface area contributed by atoms with Gasteiger partial charge < -0.3 is 20.9 Å². The highest BCUT2D eigenvalue weighted by Crippen LogP contribution is 2.28. The Balaban J connectivity index is 2.73. The minimum atomic E-state index is -0.911. The van der Waals surface area contributed by atoms with Crippen molar-refractivity contribution in [2.24, 2.45) is 0 Å². The Morgan fingerprint density at radius 3 is 2.69 bits per heavy atom. The number of amides is 3. The van der Waals surface area contributed by atoms with E-state index in [0.717, 1.165) is 7.11 Å². The number of methoxy groups -OCH3 is 1. The van der Waals surface area contributed by atoms with E-state index in [0.29, 0.717) is 0 Å². The summed E-state index contributed by atoms with van der Waals surface area (Å²) in [5.41, 5.74) is 5.73. The first-order valence-corrected chi connectivity index (χ1v) is 4.28. The van der Waals surface area contributed by atoms with Gasteiger partial charge in [0, 0.05) is 0 Å². The standard InChI is InChI=1S/C9H11N3O4/c1-16-9(15)12-8(14)11-7-5(10)3-2-4-6(7)13/h2-4,13H,10H2,1H3,(H2,11,12,14,15). The van der Waals surface area contributed by atoms with E-state index in [1.54, 1.807) is 0 Å². The number of aromatic hydroxyl groups is 1. The number of benzene rings is 1. The molecular weight excluding hydrogens is 214 g/mol. The summed E-state index contributed by atoms with van der Waals surface area (Å²) in [4.78, 5) is 21.9. The lowest BCUT2D eigenvalue weighted by atomic mass is 10.2. The molecule has 0 spiro atoms. The highest BCUT2D eigenvalue weighted by atomic mass is 16.5. The van der Waals surface area contributed by atoms with Gasteiger partial charge >= 0.3 is 12.1 Å². The van der Waals surface area contributed by atoms with Crippen molar-refractivity contribution >= 4 is 23.5 Å². The van der Waals surface area contributed by atoms with Crippen LogP contribution in [0.5, 0.6) is 5.75 Å². The number of ether oxygens (including phenoxy) is 1. The number of hydrogen-bond donors (Lipinski definition) is 4. The number of alkyl carbamates (subject to hydrolysis) is 1. The predicted molar refractivity (Wildman–Crippen MR) is 57.1 cm³/mol. The Morgan fingerprint density at radius 1 is 1.44 bits per heavy atom. The third-order valence-corrected chi connectivity index (χ3v) is 1.71.